The van der Waals surface area contributed by atoms with Gasteiger partial charge in [-0.05, 0) is 25.5 Å². The van der Waals surface area contributed by atoms with E-state index in [-0.39, 0.29) is 5.54 Å². The summed E-state index contributed by atoms with van der Waals surface area (Å²) in [6.07, 6.45) is 0. The standard InChI is InChI=1S/C17H24N4/c1-14-11-16(20(3)19-14)12-21-10-9-18-13-17(21,2)15-7-5-4-6-8-15/h4-8,11,18H,9-10,12-13H2,1-3H3. The summed E-state index contributed by atoms with van der Waals surface area (Å²) < 4.78 is 2.00. The molecule has 1 atom stereocenters. The SMILES string of the molecule is Cc1cc(CN2CCNCC2(C)c2ccccc2)n(C)n1. The molecule has 0 radical (unpaired) electrons. The summed E-state index contributed by atoms with van der Waals surface area (Å²) in [5.74, 6) is 0. The van der Waals surface area contributed by atoms with E-state index in [1.807, 2.05) is 11.7 Å². The van der Waals surface area contributed by atoms with E-state index in [0.29, 0.717) is 0 Å². The molecule has 1 unspecified atom stereocenters. The van der Waals surface area contributed by atoms with Gasteiger partial charge >= 0.3 is 0 Å². The number of nitrogens with zero attached hydrogens (tertiary/aromatic N) is 3. The third kappa shape index (κ3) is 2.74. The van der Waals surface area contributed by atoms with Crippen LogP contribution in [-0.2, 0) is 19.1 Å². The fourth-order valence-electron chi connectivity index (χ4n) is 3.25. The quantitative estimate of drug-likeness (QED) is 0.936. The van der Waals surface area contributed by atoms with Crippen LogP contribution < -0.4 is 5.32 Å². The summed E-state index contributed by atoms with van der Waals surface area (Å²) in [4.78, 5) is 2.56. The number of hydrogen-bond acceptors (Lipinski definition) is 3. The Labute approximate surface area is 126 Å². The molecule has 1 aliphatic heterocycles. The van der Waals surface area contributed by atoms with Crippen LogP contribution in [0.2, 0.25) is 0 Å². The van der Waals surface area contributed by atoms with Crippen LogP contribution in [0.3, 0.4) is 0 Å². The van der Waals surface area contributed by atoms with Gasteiger partial charge in [-0.1, -0.05) is 30.3 Å². The zero-order valence-corrected chi connectivity index (χ0v) is 13.1. The summed E-state index contributed by atoms with van der Waals surface area (Å²) in [7, 11) is 2.03. The number of nitrogens with one attached hydrogen (secondary N) is 1. The van der Waals surface area contributed by atoms with Crippen molar-refractivity contribution in [2.24, 2.45) is 7.05 Å². The molecule has 1 N–H and O–H groups in total. The lowest BCUT2D eigenvalue weighted by atomic mass is 9.88. The molecule has 1 aromatic heterocycles. The van der Waals surface area contributed by atoms with Gasteiger partial charge in [0.1, 0.15) is 0 Å². The second-order valence-corrected chi connectivity index (χ2v) is 6.14. The van der Waals surface area contributed by atoms with Crippen LogP contribution >= 0.6 is 0 Å². The molecule has 2 aromatic rings. The topological polar surface area (TPSA) is 33.1 Å². The van der Waals surface area contributed by atoms with Gasteiger partial charge in [0, 0.05) is 33.2 Å². The summed E-state index contributed by atoms with van der Waals surface area (Å²) in [5, 5.41) is 8.02. The molecule has 1 aliphatic rings. The number of piperazine rings is 1. The molecule has 112 valence electrons. The van der Waals surface area contributed by atoms with Gasteiger partial charge in [0.2, 0.25) is 0 Å². The average molecular weight is 284 g/mol. The van der Waals surface area contributed by atoms with E-state index in [1.165, 1.54) is 11.3 Å². The maximum Gasteiger partial charge on any atom is 0.0597 e. The molecule has 2 heterocycles. The van der Waals surface area contributed by atoms with E-state index in [9.17, 15) is 0 Å². The van der Waals surface area contributed by atoms with Gasteiger partial charge < -0.3 is 5.32 Å². The van der Waals surface area contributed by atoms with E-state index in [0.717, 1.165) is 31.9 Å². The minimum atomic E-state index is 0.0255. The summed E-state index contributed by atoms with van der Waals surface area (Å²) >= 11 is 0. The van der Waals surface area contributed by atoms with E-state index in [2.05, 4.69) is 65.6 Å². The van der Waals surface area contributed by atoms with E-state index in [4.69, 9.17) is 0 Å². The highest BCUT2D eigenvalue weighted by atomic mass is 15.3. The molecule has 0 amide bonds. The molecule has 4 nitrogen and oxygen atoms in total. The molecule has 1 fully saturated rings. The molecule has 1 saturated heterocycles. The Hall–Kier alpha value is -1.65. The normalized spacial score (nSPS) is 23.4. The van der Waals surface area contributed by atoms with Crippen LogP contribution in [0.1, 0.15) is 23.9 Å². The lowest BCUT2D eigenvalue weighted by Gasteiger charge is -2.45. The van der Waals surface area contributed by atoms with Gasteiger partial charge in [-0.3, -0.25) is 9.58 Å². The van der Waals surface area contributed by atoms with Crippen LogP contribution in [0.25, 0.3) is 0 Å². The van der Waals surface area contributed by atoms with E-state index >= 15 is 0 Å². The second kappa shape index (κ2) is 5.62. The summed E-state index contributed by atoms with van der Waals surface area (Å²) in [6, 6.07) is 13.0. The largest absolute Gasteiger partial charge is 0.313 e. The number of benzene rings is 1. The molecular weight excluding hydrogens is 260 g/mol. The van der Waals surface area contributed by atoms with Gasteiger partial charge in [-0.15, -0.1) is 0 Å². The third-order valence-electron chi connectivity index (χ3n) is 4.57. The number of aromatic nitrogens is 2. The monoisotopic (exact) mass is 284 g/mol. The fraction of sp³-hybridized carbons (Fsp3) is 0.471. The van der Waals surface area contributed by atoms with Crippen LogP contribution in [0, 0.1) is 6.92 Å². The first-order valence-corrected chi connectivity index (χ1v) is 7.60. The Morgan fingerprint density at radius 1 is 1.29 bits per heavy atom. The molecule has 0 spiro atoms. The Bertz CT molecular complexity index is 605. The Morgan fingerprint density at radius 2 is 2.05 bits per heavy atom. The number of rotatable bonds is 3. The predicted octanol–water partition coefficient (Wildman–Crippen LogP) is 2.05. The number of aryl methyl sites for hydroxylation is 2. The van der Waals surface area contributed by atoms with Crippen molar-refractivity contribution in [3.63, 3.8) is 0 Å². The molecule has 3 rings (SSSR count). The van der Waals surface area contributed by atoms with Crippen LogP contribution in [0.15, 0.2) is 36.4 Å². The van der Waals surface area contributed by atoms with Crippen LogP contribution in [-0.4, -0.2) is 34.3 Å². The first kappa shape index (κ1) is 14.3. The Kier molecular flexibility index (Phi) is 3.83. The third-order valence-corrected chi connectivity index (χ3v) is 4.57. The average Bonchev–Trinajstić information content (AvgIpc) is 2.80. The molecule has 1 aromatic carbocycles. The maximum atomic E-state index is 4.47. The van der Waals surface area contributed by atoms with E-state index in [1.54, 1.807) is 0 Å². The Morgan fingerprint density at radius 3 is 2.71 bits per heavy atom. The lowest BCUT2D eigenvalue weighted by Crippen LogP contribution is -2.57. The fourth-order valence-corrected chi connectivity index (χ4v) is 3.25. The van der Waals surface area contributed by atoms with Gasteiger partial charge in [0.05, 0.1) is 16.9 Å². The highest BCUT2D eigenvalue weighted by molar-refractivity contribution is 5.25. The second-order valence-electron chi connectivity index (χ2n) is 6.14. The van der Waals surface area contributed by atoms with Crippen molar-refractivity contribution in [3.05, 3.63) is 53.3 Å². The zero-order chi connectivity index (χ0) is 14.9. The summed E-state index contributed by atoms with van der Waals surface area (Å²) in [6.45, 7) is 8.39. The molecule has 0 bridgehead atoms. The highest BCUT2D eigenvalue weighted by Crippen LogP contribution is 2.30. The smallest absolute Gasteiger partial charge is 0.0597 e. The van der Waals surface area contributed by atoms with Gasteiger partial charge in [-0.2, -0.15) is 5.10 Å². The van der Waals surface area contributed by atoms with Gasteiger partial charge in [0.15, 0.2) is 0 Å². The van der Waals surface area contributed by atoms with Crippen molar-refractivity contribution in [3.8, 4) is 0 Å². The maximum absolute atomic E-state index is 4.47. The predicted molar refractivity (Wildman–Crippen MR) is 85.0 cm³/mol. The minimum Gasteiger partial charge on any atom is -0.313 e. The number of hydrogen-bond donors (Lipinski definition) is 1. The van der Waals surface area contributed by atoms with Crippen molar-refractivity contribution in [2.45, 2.75) is 25.9 Å². The molecule has 4 heteroatoms. The zero-order valence-electron chi connectivity index (χ0n) is 13.1. The molecule has 0 aliphatic carbocycles. The van der Waals surface area contributed by atoms with Crippen molar-refractivity contribution >= 4 is 0 Å². The van der Waals surface area contributed by atoms with Crippen molar-refractivity contribution in [2.75, 3.05) is 19.6 Å². The van der Waals surface area contributed by atoms with Gasteiger partial charge in [0.25, 0.3) is 0 Å². The minimum absolute atomic E-state index is 0.0255. The summed E-state index contributed by atoms with van der Waals surface area (Å²) in [5.41, 5.74) is 3.76. The molecule has 21 heavy (non-hydrogen) atoms. The van der Waals surface area contributed by atoms with E-state index < -0.39 is 0 Å². The van der Waals surface area contributed by atoms with Crippen LogP contribution in [0.4, 0.5) is 0 Å². The lowest BCUT2D eigenvalue weighted by molar-refractivity contribution is 0.0625. The highest BCUT2D eigenvalue weighted by Gasteiger charge is 2.36. The van der Waals surface area contributed by atoms with Crippen LogP contribution in [0.5, 0.6) is 0 Å². The van der Waals surface area contributed by atoms with Crippen molar-refractivity contribution < 1.29 is 0 Å². The molecule has 0 saturated carbocycles. The first-order chi connectivity index (χ1) is 10.1. The van der Waals surface area contributed by atoms with Crippen molar-refractivity contribution in [1.29, 1.82) is 0 Å². The first-order valence-electron chi connectivity index (χ1n) is 7.60. The van der Waals surface area contributed by atoms with Crippen molar-refractivity contribution in [1.82, 2.24) is 20.0 Å². The van der Waals surface area contributed by atoms with Gasteiger partial charge in [-0.25, -0.2) is 0 Å². The molecular formula is C17H24N4. The Balaban J connectivity index is 1.90.